The van der Waals surface area contributed by atoms with E-state index in [1.807, 2.05) is 25.7 Å². The number of anilines is 2. The van der Waals surface area contributed by atoms with E-state index in [0.29, 0.717) is 31.9 Å². The summed E-state index contributed by atoms with van der Waals surface area (Å²) in [5.74, 6) is 0. The van der Waals surface area contributed by atoms with Crippen molar-refractivity contribution in [1.29, 1.82) is 0 Å². The topological polar surface area (TPSA) is 78.7 Å². The minimum Gasteiger partial charge on any atom is -0.362 e. The maximum Gasteiger partial charge on any atom is 0.321 e. The van der Waals surface area contributed by atoms with Crippen LogP contribution in [0.4, 0.5) is 21.9 Å². The summed E-state index contributed by atoms with van der Waals surface area (Å²) in [5.41, 5.74) is 4.81. The first-order valence-electron chi connectivity index (χ1n) is 8.99. The van der Waals surface area contributed by atoms with Crippen LogP contribution in [0.5, 0.6) is 0 Å². The number of nitrogens with one attached hydrogen (secondary N) is 1. The summed E-state index contributed by atoms with van der Waals surface area (Å²) in [6.07, 6.45) is 0. The number of nitro benzene ring substituents is 1. The lowest BCUT2D eigenvalue weighted by atomic mass is 10.1. The van der Waals surface area contributed by atoms with Crippen LogP contribution < -0.4 is 10.2 Å². The third kappa shape index (κ3) is 4.02. The Hall–Kier alpha value is -3.09. The van der Waals surface area contributed by atoms with Crippen molar-refractivity contribution in [3.05, 3.63) is 63.2 Å². The van der Waals surface area contributed by atoms with Gasteiger partial charge in [-0.2, -0.15) is 0 Å². The van der Waals surface area contributed by atoms with Gasteiger partial charge < -0.3 is 15.1 Å². The lowest BCUT2D eigenvalue weighted by Crippen LogP contribution is -2.50. The van der Waals surface area contributed by atoms with Crippen LogP contribution in [0.25, 0.3) is 0 Å². The summed E-state index contributed by atoms with van der Waals surface area (Å²) in [6.45, 7) is 8.16. The average molecular weight is 368 g/mol. The van der Waals surface area contributed by atoms with Gasteiger partial charge in [0.05, 0.1) is 4.92 Å². The number of amides is 2. The van der Waals surface area contributed by atoms with Crippen LogP contribution in [0.1, 0.15) is 16.7 Å². The molecule has 1 N–H and O–H groups in total. The molecule has 0 spiro atoms. The van der Waals surface area contributed by atoms with Crippen molar-refractivity contribution in [2.24, 2.45) is 0 Å². The SMILES string of the molecule is Cc1cc(C)c(NC(=O)N2CCN(c3ccccc3[N+](=O)[O-])CC2)c(C)c1. The first kappa shape index (κ1) is 18.7. The molecule has 2 aromatic rings. The normalized spacial score (nSPS) is 14.2. The van der Waals surface area contributed by atoms with Gasteiger partial charge in [-0.1, -0.05) is 29.8 Å². The lowest BCUT2D eigenvalue weighted by Gasteiger charge is -2.35. The third-order valence-electron chi connectivity index (χ3n) is 4.89. The van der Waals surface area contributed by atoms with E-state index >= 15 is 0 Å². The van der Waals surface area contributed by atoms with Crippen LogP contribution in [0.3, 0.4) is 0 Å². The molecule has 0 atom stereocenters. The molecule has 7 heteroatoms. The number of carbonyl (C=O) groups excluding carboxylic acids is 1. The van der Waals surface area contributed by atoms with Crippen molar-refractivity contribution in [2.45, 2.75) is 20.8 Å². The van der Waals surface area contributed by atoms with Gasteiger partial charge in [0.2, 0.25) is 0 Å². The third-order valence-corrected chi connectivity index (χ3v) is 4.89. The Morgan fingerprint density at radius 1 is 1.04 bits per heavy atom. The number of nitro groups is 1. The number of para-hydroxylation sites is 2. The number of carbonyl (C=O) groups is 1. The van der Waals surface area contributed by atoms with Crippen LogP contribution in [-0.4, -0.2) is 42.0 Å². The number of hydrogen-bond acceptors (Lipinski definition) is 4. The predicted molar refractivity (Wildman–Crippen MR) is 107 cm³/mol. The molecule has 3 rings (SSSR count). The highest BCUT2D eigenvalue weighted by Gasteiger charge is 2.25. The van der Waals surface area contributed by atoms with Crippen molar-refractivity contribution in [2.75, 3.05) is 36.4 Å². The van der Waals surface area contributed by atoms with Crippen molar-refractivity contribution in [3.63, 3.8) is 0 Å². The molecular formula is C20H24N4O3. The van der Waals surface area contributed by atoms with Crippen LogP contribution in [0.15, 0.2) is 36.4 Å². The number of urea groups is 1. The summed E-state index contributed by atoms with van der Waals surface area (Å²) >= 11 is 0. The Kier molecular flexibility index (Phi) is 5.30. The fourth-order valence-corrected chi connectivity index (χ4v) is 3.60. The second kappa shape index (κ2) is 7.65. The monoisotopic (exact) mass is 368 g/mol. The molecule has 0 saturated carbocycles. The van der Waals surface area contributed by atoms with Gasteiger partial charge in [-0.05, 0) is 38.0 Å². The Bertz CT molecular complexity index is 850. The highest BCUT2D eigenvalue weighted by Crippen LogP contribution is 2.28. The average Bonchev–Trinajstić information content (AvgIpc) is 2.64. The molecule has 1 fully saturated rings. The standard InChI is InChI=1S/C20H24N4O3/c1-14-12-15(2)19(16(3)13-14)21-20(25)23-10-8-22(9-11-23)17-6-4-5-7-18(17)24(26)27/h4-7,12-13H,8-11H2,1-3H3,(H,21,25). The van der Waals surface area contributed by atoms with E-state index in [4.69, 9.17) is 0 Å². The van der Waals surface area contributed by atoms with Crippen molar-refractivity contribution in [3.8, 4) is 0 Å². The molecule has 27 heavy (non-hydrogen) atoms. The highest BCUT2D eigenvalue weighted by atomic mass is 16.6. The van der Waals surface area contributed by atoms with Crippen molar-refractivity contribution >= 4 is 23.1 Å². The molecule has 142 valence electrons. The van der Waals surface area contributed by atoms with Gasteiger partial charge in [0.1, 0.15) is 5.69 Å². The summed E-state index contributed by atoms with van der Waals surface area (Å²) in [4.78, 5) is 27.2. The minimum atomic E-state index is -0.364. The van der Waals surface area contributed by atoms with Gasteiger partial charge in [-0.15, -0.1) is 0 Å². The van der Waals surface area contributed by atoms with E-state index < -0.39 is 0 Å². The van der Waals surface area contributed by atoms with E-state index in [-0.39, 0.29) is 16.6 Å². The van der Waals surface area contributed by atoms with Crippen molar-refractivity contribution in [1.82, 2.24) is 4.90 Å². The summed E-state index contributed by atoms with van der Waals surface area (Å²) < 4.78 is 0. The molecule has 1 saturated heterocycles. The Morgan fingerprint density at radius 3 is 2.22 bits per heavy atom. The summed E-state index contributed by atoms with van der Waals surface area (Å²) in [5, 5.41) is 14.3. The van der Waals surface area contributed by atoms with Gasteiger partial charge >= 0.3 is 6.03 Å². The van der Waals surface area contributed by atoms with Crippen LogP contribution >= 0.6 is 0 Å². The van der Waals surface area contributed by atoms with E-state index in [1.54, 1.807) is 23.1 Å². The molecule has 0 radical (unpaired) electrons. The maximum absolute atomic E-state index is 12.7. The van der Waals surface area contributed by atoms with Crippen LogP contribution in [0, 0.1) is 30.9 Å². The van der Waals surface area contributed by atoms with E-state index in [9.17, 15) is 14.9 Å². The fourth-order valence-electron chi connectivity index (χ4n) is 3.60. The van der Waals surface area contributed by atoms with Crippen molar-refractivity contribution < 1.29 is 9.72 Å². The molecule has 0 aromatic heterocycles. The molecule has 1 aliphatic heterocycles. The van der Waals surface area contributed by atoms with E-state index in [1.165, 1.54) is 11.6 Å². The molecule has 0 bridgehead atoms. The second-order valence-corrected chi connectivity index (χ2v) is 6.92. The molecular weight excluding hydrogens is 344 g/mol. The van der Waals surface area contributed by atoms with Crippen LogP contribution in [-0.2, 0) is 0 Å². The number of hydrogen-bond donors (Lipinski definition) is 1. The zero-order chi connectivity index (χ0) is 19.6. The van der Waals surface area contributed by atoms with Gasteiger partial charge in [-0.25, -0.2) is 4.79 Å². The van der Waals surface area contributed by atoms with Gasteiger partial charge in [-0.3, -0.25) is 10.1 Å². The van der Waals surface area contributed by atoms with E-state index in [2.05, 4.69) is 17.4 Å². The number of nitrogens with zero attached hydrogens (tertiary/aromatic N) is 3. The molecule has 2 amide bonds. The number of benzene rings is 2. The van der Waals surface area contributed by atoms with Gasteiger partial charge in [0.25, 0.3) is 5.69 Å². The minimum absolute atomic E-state index is 0.0984. The molecule has 2 aromatic carbocycles. The first-order valence-corrected chi connectivity index (χ1v) is 8.99. The zero-order valence-corrected chi connectivity index (χ0v) is 15.9. The number of piperazine rings is 1. The Balaban J connectivity index is 1.66. The zero-order valence-electron chi connectivity index (χ0n) is 15.9. The van der Waals surface area contributed by atoms with E-state index in [0.717, 1.165) is 16.8 Å². The summed E-state index contributed by atoms with van der Waals surface area (Å²) in [6, 6.07) is 10.7. The smallest absolute Gasteiger partial charge is 0.321 e. The second-order valence-electron chi connectivity index (χ2n) is 6.92. The molecule has 0 unspecified atom stereocenters. The predicted octanol–water partition coefficient (Wildman–Crippen LogP) is 3.87. The van der Waals surface area contributed by atoms with Crippen LogP contribution in [0.2, 0.25) is 0 Å². The molecule has 1 aliphatic rings. The quantitative estimate of drug-likeness (QED) is 0.659. The lowest BCUT2D eigenvalue weighted by molar-refractivity contribution is -0.384. The fraction of sp³-hybridized carbons (Fsp3) is 0.350. The Morgan fingerprint density at radius 2 is 1.63 bits per heavy atom. The maximum atomic E-state index is 12.7. The highest BCUT2D eigenvalue weighted by molar-refractivity contribution is 5.91. The molecule has 7 nitrogen and oxygen atoms in total. The summed E-state index contributed by atoms with van der Waals surface area (Å²) in [7, 11) is 0. The number of rotatable bonds is 3. The molecule has 1 heterocycles. The van der Waals surface area contributed by atoms with Gasteiger partial charge in [0.15, 0.2) is 0 Å². The first-order chi connectivity index (χ1) is 12.9. The number of aryl methyl sites for hydroxylation is 3. The van der Waals surface area contributed by atoms with Gasteiger partial charge in [0, 0.05) is 37.9 Å². The largest absolute Gasteiger partial charge is 0.362 e. The molecule has 0 aliphatic carbocycles. The Labute approximate surface area is 158 Å².